The van der Waals surface area contributed by atoms with Crippen LogP contribution in [0.1, 0.15) is 6.92 Å². The number of esters is 1. The monoisotopic (exact) mass is 211 g/mol. The summed E-state index contributed by atoms with van der Waals surface area (Å²) in [5, 5.41) is 8.66. The molecule has 0 rings (SSSR count). The summed E-state index contributed by atoms with van der Waals surface area (Å²) >= 11 is 0. The van der Waals surface area contributed by atoms with Crippen molar-refractivity contribution in [2.75, 3.05) is 19.5 Å². The first-order valence-corrected chi connectivity index (χ1v) is 5.30. The van der Waals surface area contributed by atoms with E-state index >= 15 is 0 Å². The Morgan fingerprint density at radius 2 is 2.15 bits per heavy atom. The Kier molecular flexibility index (Phi) is 4.89. The smallest absolute Gasteiger partial charge is 0.326 e. The third kappa shape index (κ3) is 4.20. The van der Waals surface area contributed by atoms with Crippen molar-refractivity contribution >= 4 is 16.0 Å². The lowest BCUT2D eigenvalue weighted by atomic mass is 10.3. The predicted octanol–water partition coefficient (Wildman–Crippen LogP) is -1.54. The van der Waals surface area contributed by atoms with E-state index in [4.69, 9.17) is 5.11 Å². The lowest BCUT2D eigenvalue weighted by Gasteiger charge is -2.12. The second kappa shape index (κ2) is 5.15. The first kappa shape index (κ1) is 12.3. The molecule has 1 unspecified atom stereocenters. The first-order valence-electron chi connectivity index (χ1n) is 3.65. The topological polar surface area (TPSA) is 92.7 Å². The number of rotatable bonds is 5. The minimum absolute atomic E-state index is 0.152. The molecule has 0 aromatic carbocycles. The van der Waals surface area contributed by atoms with Crippen molar-refractivity contribution in [1.29, 1.82) is 0 Å². The van der Waals surface area contributed by atoms with Crippen LogP contribution in [0.2, 0.25) is 0 Å². The Labute approximate surface area is 76.9 Å². The van der Waals surface area contributed by atoms with Crippen molar-refractivity contribution in [3.8, 4) is 0 Å². The average molecular weight is 211 g/mol. The molecule has 0 amide bonds. The summed E-state index contributed by atoms with van der Waals surface area (Å²) in [6.45, 7) is 0.806. The van der Waals surface area contributed by atoms with Crippen LogP contribution in [-0.4, -0.2) is 45.0 Å². The van der Waals surface area contributed by atoms with Gasteiger partial charge in [0.15, 0.2) is 0 Å². The fraction of sp³-hybridized carbons (Fsp3) is 0.833. The number of carbonyl (C=O) groups excluding carboxylic acids is 1. The number of methoxy groups -OCH3 is 1. The Bertz CT molecular complexity index is 260. The minimum Gasteiger partial charge on any atom is -0.468 e. The van der Waals surface area contributed by atoms with Crippen LogP contribution in [0.4, 0.5) is 0 Å². The summed E-state index contributed by atoms with van der Waals surface area (Å²) in [5.74, 6) is -0.958. The van der Waals surface area contributed by atoms with Crippen molar-refractivity contribution in [3.05, 3.63) is 0 Å². The van der Waals surface area contributed by atoms with E-state index in [0.29, 0.717) is 0 Å². The molecule has 0 aromatic rings. The molecule has 0 saturated heterocycles. The maximum atomic E-state index is 11.0. The second-order valence-corrected chi connectivity index (χ2v) is 4.32. The molecule has 0 aliphatic rings. The highest BCUT2D eigenvalue weighted by molar-refractivity contribution is 7.89. The van der Waals surface area contributed by atoms with Crippen molar-refractivity contribution in [2.45, 2.75) is 13.0 Å². The van der Waals surface area contributed by atoms with Gasteiger partial charge in [-0.15, -0.1) is 0 Å². The molecule has 0 saturated carbocycles. The van der Waals surface area contributed by atoms with Crippen LogP contribution in [0.15, 0.2) is 0 Å². The van der Waals surface area contributed by atoms with Crippen molar-refractivity contribution in [2.24, 2.45) is 0 Å². The van der Waals surface area contributed by atoms with E-state index in [9.17, 15) is 13.2 Å². The van der Waals surface area contributed by atoms with Gasteiger partial charge in [0, 0.05) is 0 Å². The average Bonchev–Trinajstić information content (AvgIpc) is 2.13. The third-order valence-electron chi connectivity index (χ3n) is 1.37. The number of hydrogen-bond acceptors (Lipinski definition) is 5. The molecule has 6 nitrogen and oxygen atoms in total. The van der Waals surface area contributed by atoms with Gasteiger partial charge in [-0.25, -0.2) is 8.42 Å². The number of aliphatic hydroxyl groups excluding tert-OH is 1. The van der Waals surface area contributed by atoms with Gasteiger partial charge in [0.1, 0.15) is 6.04 Å². The Morgan fingerprint density at radius 1 is 1.62 bits per heavy atom. The van der Waals surface area contributed by atoms with E-state index in [2.05, 4.69) is 4.74 Å². The van der Waals surface area contributed by atoms with E-state index in [1.54, 1.807) is 0 Å². The quantitative estimate of drug-likeness (QED) is 0.538. The minimum atomic E-state index is -3.50. The number of aliphatic hydroxyl groups is 1. The SMILES string of the molecule is CCS(=O)(=O)NC(CO)C(=O)OC. The maximum Gasteiger partial charge on any atom is 0.326 e. The molecule has 0 fully saturated rings. The van der Waals surface area contributed by atoms with Gasteiger partial charge >= 0.3 is 5.97 Å². The van der Waals surface area contributed by atoms with E-state index in [-0.39, 0.29) is 5.75 Å². The van der Waals surface area contributed by atoms with E-state index in [0.717, 1.165) is 7.11 Å². The standard InChI is InChI=1S/C6H13NO5S/c1-3-13(10,11)7-5(4-8)6(9)12-2/h5,7-8H,3-4H2,1-2H3. The molecule has 78 valence electrons. The highest BCUT2D eigenvalue weighted by Gasteiger charge is 2.22. The highest BCUT2D eigenvalue weighted by atomic mass is 32.2. The Balaban J connectivity index is 4.38. The molecule has 7 heteroatoms. The molecule has 0 aliphatic heterocycles. The number of ether oxygens (including phenoxy) is 1. The fourth-order valence-electron chi connectivity index (χ4n) is 0.602. The lowest BCUT2D eigenvalue weighted by Crippen LogP contribution is -2.44. The van der Waals surface area contributed by atoms with E-state index in [1.165, 1.54) is 6.92 Å². The van der Waals surface area contributed by atoms with Gasteiger partial charge in [-0.05, 0) is 6.92 Å². The zero-order valence-electron chi connectivity index (χ0n) is 7.48. The van der Waals surface area contributed by atoms with Crippen LogP contribution in [-0.2, 0) is 19.6 Å². The molecule has 0 aromatic heterocycles. The van der Waals surface area contributed by atoms with Crippen molar-refractivity contribution in [1.82, 2.24) is 4.72 Å². The molecule has 0 spiro atoms. The van der Waals surface area contributed by atoms with Crippen molar-refractivity contribution in [3.63, 3.8) is 0 Å². The number of hydrogen-bond donors (Lipinski definition) is 2. The van der Waals surface area contributed by atoms with Gasteiger partial charge < -0.3 is 9.84 Å². The fourth-order valence-corrected chi connectivity index (χ4v) is 1.37. The number of sulfonamides is 1. The largest absolute Gasteiger partial charge is 0.468 e. The third-order valence-corrected chi connectivity index (χ3v) is 2.77. The van der Waals surface area contributed by atoms with Crippen LogP contribution in [0.25, 0.3) is 0 Å². The molecule has 2 N–H and O–H groups in total. The van der Waals surface area contributed by atoms with Crippen molar-refractivity contribution < 1.29 is 23.1 Å². The van der Waals surface area contributed by atoms with Gasteiger partial charge in [-0.3, -0.25) is 4.79 Å². The zero-order valence-corrected chi connectivity index (χ0v) is 8.30. The summed E-state index contributed by atoms with van der Waals surface area (Å²) in [4.78, 5) is 10.8. The molecule has 1 atom stereocenters. The normalized spacial score (nSPS) is 13.8. The zero-order chi connectivity index (χ0) is 10.5. The lowest BCUT2D eigenvalue weighted by molar-refractivity contribution is -0.143. The Morgan fingerprint density at radius 3 is 2.46 bits per heavy atom. The molecule has 13 heavy (non-hydrogen) atoms. The van der Waals surface area contributed by atoms with Crippen LogP contribution < -0.4 is 4.72 Å². The van der Waals surface area contributed by atoms with Gasteiger partial charge in [0.2, 0.25) is 10.0 Å². The second-order valence-electron chi connectivity index (χ2n) is 2.28. The van der Waals surface area contributed by atoms with E-state index < -0.39 is 28.6 Å². The highest BCUT2D eigenvalue weighted by Crippen LogP contribution is 1.91. The van der Waals surface area contributed by atoms with Gasteiger partial charge in [-0.2, -0.15) is 4.72 Å². The molecule has 0 radical (unpaired) electrons. The Hall–Kier alpha value is -0.660. The van der Waals surface area contributed by atoms with Gasteiger partial charge in [0.25, 0.3) is 0 Å². The molecule has 0 aliphatic carbocycles. The van der Waals surface area contributed by atoms with Crippen LogP contribution in [0, 0.1) is 0 Å². The van der Waals surface area contributed by atoms with E-state index in [1.807, 2.05) is 4.72 Å². The molecule has 0 heterocycles. The molecular formula is C6H13NO5S. The summed E-state index contributed by atoms with van der Waals surface area (Å²) in [5.41, 5.74) is 0. The predicted molar refractivity (Wildman–Crippen MR) is 45.5 cm³/mol. The molecule has 0 bridgehead atoms. The van der Waals surface area contributed by atoms with Gasteiger partial charge in [0.05, 0.1) is 19.5 Å². The summed E-state index contributed by atoms with van der Waals surface area (Å²) in [6, 6.07) is -1.21. The summed E-state index contributed by atoms with van der Waals surface area (Å²) in [7, 11) is -2.38. The first-order chi connectivity index (χ1) is 5.96. The van der Waals surface area contributed by atoms with Crippen LogP contribution in [0.5, 0.6) is 0 Å². The van der Waals surface area contributed by atoms with Crippen LogP contribution in [0.3, 0.4) is 0 Å². The summed E-state index contributed by atoms with van der Waals surface area (Å²) in [6.07, 6.45) is 0. The summed E-state index contributed by atoms with van der Waals surface area (Å²) < 4.78 is 28.2. The van der Waals surface area contributed by atoms with Crippen LogP contribution >= 0.6 is 0 Å². The maximum absolute atomic E-state index is 11.0. The number of nitrogens with one attached hydrogen (secondary N) is 1. The number of carbonyl (C=O) groups is 1. The van der Waals surface area contributed by atoms with Gasteiger partial charge in [-0.1, -0.05) is 0 Å². The molecular weight excluding hydrogens is 198 g/mol.